The molecule has 2 nitrogen and oxygen atoms in total. The molecular weight excluding hydrogens is 378 g/mol. The molecule has 3 aliphatic carbocycles. The Hall–Kier alpha value is -2.46. The van der Waals surface area contributed by atoms with Gasteiger partial charge in [0.25, 0.3) is 0 Å². The Morgan fingerprint density at radius 3 is 2.43 bits per heavy atom. The zero-order valence-corrected chi connectivity index (χ0v) is 17.4. The van der Waals surface area contributed by atoms with Gasteiger partial charge in [0.05, 0.1) is 6.04 Å². The van der Waals surface area contributed by atoms with Crippen molar-refractivity contribution in [3.05, 3.63) is 76.5 Å². The first-order valence-corrected chi connectivity index (χ1v) is 11.0. The summed E-state index contributed by atoms with van der Waals surface area (Å²) < 4.78 is 31.0. The van der Waals surface area contributed by atoms with Gasteiger partial charge in [-0.05, 0) is 74.8 Å². The molecule has 2 bridgehead atoms. The number of hydrogen-bond donors (Lipinski definition) is 1. The Morgan fingerprint density at radius 2 is 1.80 bits per heavy atom. The van der Waals surface area contributed by atoms with Gasteiger partial charge in [0.15, 0.2) is 0 Å². The number of para-hydroxylation sites is 1. The maximum atomic E-state index is 15.5. The summed E-state index contributed by atoms with van der Waals surface area (Å²) in [5, 5.41) is 1.17. The first-order chi connectivity index (χ1) is 14.5. The number of benzene rings is 2. The van der Waals surface area contributed by atoms with E-state index in [0.29, 0.717) is 5.56 Å². The van der Waals surface area contributed by atoms with Gasteiger partial charge in [0.2, 0.25) is 0 Å². The first-order valence-electron chi connectivity index (χ1n) is 11.0. The maximum Gasteiger partial charge on any atom is 0.131 e. The Morgan fingerprint density at radius 1 is 1.10 bits per heavy atom. The average Bonchev–Trinajstić information content (AvgIpc) is 2.99. The molecule has 0 spiro atoms. The zero-order valence-electron chi connectivity index (χ0n) is 17.4. The second-order valence-corrected chi connectivity index (χ2v) is 9.53. The van der Waals surface area contributed by atoms with Crippen molar-refractivity contribution in [1.82, 2.24) is 9.88 Å². The minimum absolute atomic E-state index is 0.102. The Bertz CT molecular complexity index is 1150. The number of H-pyrrole nitrogens is 1. The molecule has 0 amide bonds. The molecule has 4 heteroatoms. The molecule has 7 rings (SSSR count). The van der Waals surface area contributed by atoms with E-state index in [0.717, 1.165) is 42.8 Å². The van der Waals surface area contributed by atoms with Gasteiger partial charge in [-0.25, -0.2) is 8.78 Å². The monoisotopic (exact) mass is 404 g/mol. The fraction of sp³-hybridized carbons (Fsp3) is 0.385. The Kier molecular flexibility index (Phi) is 3.83. The second-order valence-electron chi connectivity index (χ2n) is 9.53. The molecule has 2 aromatic carbocycles. The van der Waals surface area contributed by atoms with Crippen LogP contribution in [0, 0.1) is 17.6 Å². The second kappa shape index (κ2) is 6.27. The summed E-state index contributed by atoms with van der Waals surface area (Å²) in [4.78, 5) is 6.00. The predicted molar refractivity (Wildman–Crippen MR) is 116 cm³/mol. The number of nitrogens with zero attached hydrogens (tertiary/aromatic N) is 1. The molecular formula is C26H26F2N2. The minimum Gasteiger partial charge on any atom is -0.357 e. The van der Waals surface area contributed by atoms with Crippen molar-refractivity contribution >= 4 is 17.0 Å². The quantitative estimate of drug-likeness (QED) is 0.538. The van der Waals surface area contributed by atoms with Crippen LogP contribution in [0.4, 0.5) is 8.78 Å². The molecule has 3 fully saturated rings. The van der Waals surface area contributed by atoms with E-state index < -0.39 is 17.7 Å². The van der Waals surface area contributed by atoms with Crippen molar-refractivity contribution in [3.8, 4) is 0 Å². The van der Waals surface area contributed by atoms with E-state index in [9.17, 15) is 0 Å². The largest absolute Gasteiger partial charge is 0.357 e. The summed E-state index contributed by atoms with van der Waals surface area (Å²) in [5.74, 6) is -0.111. The van der Waals surface area contributed by atoms with E-state index in [1.54, 1.807) is 12.2 Å². The first kappa shape index (κ1) is 18.3. The van der Waals surface area contributed by atoms with Gasteiger partial charge in [-0.2, -0.15) is 0 Å². The molecule has 0 radical (unpaired) electrons. The van der Waals surface area contributed by atoms with Crippen molar-refractivity contribution in [2.75, 3.05) is 0 Å². The third kappa shape index (κ3) is 2.37. The van der Waals surface area contributed by atoms with Crippen molar-refractivity contribution in [2.45, 2.75) is 57.2 Å². The van der Waals surface area contributed by atoms with E-state index >= 15 is 8.78 Å². The lowest BCUT2D eigenvalue weighted by Gasteiger charge is -2.70. The van der Waals surface area contributed by atoms with Crippen molar-refractivity contribution in [2.24, 2.45) is 5.92 Å². The standard InChI is InChI=1S/C26H26F2N2/c1-3-6-16-10-20(27)23(21(28)11-16)25-24-19(18-7-4-5-8-22(18)29-24)9-15(2)30(25)26-12-17(13-26)14-26/h3-8,10-11,15,17,25,29H,9,12-14H2,1-2H3/b6-3+/t15-,17?,25-,26?/m0/s1. The van der Waals surface area contributed by atoms with Gasteiger partial charge in [-0.3, -0.25) is 4.90 Å². The summed E-state index contributed by atoms with van der Waals surface area (Å²) in [6.45, 7) is 4.08. The van der Waals surface area contributed by atoms with Gasteiger partial charge in [0, 0.05) is 33.7 Å². The summed E-state index contributed by atoms with van der Waals surface area (Å²) in [5.41, 5.74) is 4.08. The summed E-state index contributed by atoms with van der Waals surface area (Å²) >= 11 is 0. The third-order valence-corrected chi connectivity index (χ3v) is 7.66. The van der Waals surface area contributed by atoms with Crippen molar-refractivity contribution < 1.29 is 8.78 Å². The van der Waals surface area contributed by atoms with Gasteiger partial charge in [-0.1, -0.05) is 30.4 Å². The highest BCUT2D eigenvalue weighted by atomic mass is 19.1. The number of rotatable bonds is 3. The van der Waals surface area contributed by atoms with E-state index in [4.69, 9.17) is 0 Å². The van der Waals surface area contributed by atoms with Crippen LogP contribution in [0.25, 0.3) is 17.0 Å². The van der Waals surface area contributed by atoms with E-state index in [-0.39, 0.29) is 17.1 Å². The van der Waals surface area contributed by atoms with Crippen molar-refractivity contribution in [3.63, 3.8) is 0 Å². The normalized spacial score (nSPS) is 30.3. The molecule has 0 saturated heterocycles. The van der Waals surface area contributed by atoms with E-state index in [1.807, 2.05) is 19.1 Å². The van der Waals surface area contributed by atoms with Crippen LogP contribution in [0.2, 0.25) is 0 Å². The molecule has 4 aliphatic rings. The lowest BCUT2D eigenvalue weighted by molar-refractivity contribution is -0.174. The minimum atomic E-state index is -0.455. The number of halogens is 2. The zero-order chi connectivity index (χ0) is 20.6. The van der Waals surface area contributed by atoms with Crippen LogP contribution in [0.1, 0.15) is 61.5 Å². The van der Waals surface area contributed by atoms with E-state index in [2.05, 4.69) is 28.9 Å². The Balaban J connectivity index is 1.59. The molecule has 1 N–H and O–H groups in total. The van der Waals surface area contributed by atoms with Gasteiger partial charge in [0.1, 0.15) is 11.6 Å². The molecule has 3 saturated carbocycles. The molecule has 0 unspecified atom stereocenters. The summed E-state index contributed by atoms with van der Waals surface area (Å²) in [6, 6.07) is 11.0. The van der Waals surface area contributed by atoms with Crippen LogP contribution >= 0.6 is 0 Å². The average molecular weight is 405 g/mol. The highest BCUT2D eigenvalue weighted by Crippen LogP contribution is 2.64. The molecule has 1 aromatic heterocycles. The number of allylic oxidation sites excluding steroid dienone is 1. The molecule has 2 atom stereocenters. The molecule has 3 aromatic rings. The lowest BCUT2D eigenvalue weighted by atomic mass is 9.48. The van der Waals surface area contributed by atoms with Crippen LogP contribution in [-0.4, -0.2) is 21.5 Å². The fourth-order valence-corrected chi connectivity index (χ4v) is 6.39. The molecule has 2 heterocycles. The highest BCUT2D eigenvalue weighted by Gasteiger charge is 2.63. The van der Waals surface area contributed by atoms with Gasteiger partial charge in [-0.15, -0.1) is 0 Å². The highest BCUT2D eigenvalue weighted by molar-refractivity contribution is 5.85. The summed E-state index contributed by atoms with van der Waals surface area (Å²) in [6.07, 6.45) is 7.92. The lowest BCUT2D eigenvalue weighted by Crippen LogP contribution is -2.71. The number of aromatic nitrogens is 1. The van der Waals surface area contributed by atoms with Crippen LogP contribution < -0.4 is 0 Å². The predicted octanol–water partition coefficient (Wildman–Crippen LogP) is 6.37. The molecule has 1 aliphatic heterocycles. The molecule has 154 valence electrons. The topological polar surface area (TPSA) is 19.0 Å². The number of hydrogen-bond acceptors (Lipinski definition) is 1. The maximum absolute atomic E-state index is 15.5. The van der Waals surface area contributed by atoms with Crippen LogP contribution in [0.5, 0.6) is 0 Å². The van der Waals surface area contributed by atoms with Crippen LogP contribution in [0.3, 0.4) is 0 Å². The summed E-state index contributed by atoms with van der Waals surface area (Å²) in [7, 11) is 0. The Labute approximate surface area is 175 Å². The molecule has 30 heavy (non-hydrogen) atoms. The number of fused-ring (bicyclic) bond motifs is 3. The van der Waals surface area contributed by atoms with Gasteiger partial charge >= 0.3 is 0 Å². The number of nitrogens with one attached hydrogen (secondary N) is 1. The van der Waals surface area contributed by atoms with E-state index in [1.165, 1.54) is 23.1 Å². The number of aromatic amines is 1. The SMILES string of the molecule is C/C=C/c1cc(F)c([C@H]2c3[nH]c4ccccc4c3C[C@H](C)N2C23CC(C2)C3)c(F)c1. The smallest absolute Gasteiger partial charge is 0.131 e. The van der Waals surface area contributed by atoms with Crippen molar-refractivity contribution in [1.29, 1.82) is 0 Å². The van der Waals surface area contributed by atoms with Crippen LogP contribution in [-0.2, 0) is 6.42 Å². The third-order valence-electron chi connectivity index (χ3n) is 7.66. The fourth-order valence-electron chi connectivity index (χ4n) is 6.39. The van der Waals surface area contributed by atoms with Gasteiger partial charge < -0.3 is 4.98 Å². The van der Waals surface area contributed by atoms with Crippen LogP contribution in [0.15, 0.2) is 42.5 Å².